The Labute approximate surface area is 130 Å². The first-order valence-corrected chi connectivity index (χ1v) is 7.42. The number of ether oxygens (including phenoxy) is 1. The van der Waals surface area contributed by atoms with E-state index in [2.05, 4.69) is 29.2 Å². The lowest BCUT2D eigenvalue weighted by Crippen LogP contribution is -2.38. The van der Waals surface area contributed by atoms with Crippen molar-refractivity contribution in [2.75, 3.05) is 30.6 Å². The number of aromatic nitrogens is 1. The fourth-order valence-corrected chi connectivity index (χ4v) is 2.66. The van der Waals surface area contributed by atoms with E-state index in [4.69, 9.17) is 33.8 Å². The maximum atomic E-state index is 6.29. The first-order chi connectivity index (χ1) is 9.58. The van der Waals surface area contributed by atoms with E-state index in [1.165, 1.54) is 0 Å². The molecule has 1 aromatic heterocycles. The van der Waals surface area contributed by atoms with Crippen molar-refractivity contribution in [1.29, 1.82) is 0 Å². The van der Waals surface area contributed by atoms with Crippen LogP contribution in [-0.2, 0) is 4.74 Å². The Morgan fingerprint density at radius 1 is 1.35 bits per heavy atom. The molecule has 0 atom stereocenters. The Bertz CT molecular complexity index is 427. The van der Waals surface area contributed by atoms with Gasteiger partial charge in [0.1, 0.15) is 5.82 Å². The highest BCUT2D eigenvalue weighted by Crippen LogP contribution is 2.32. The molecule has 0 fully saturated rings. The van der Waals surface area contributed by atoms with Gasteiger partial charge in [-0.2, -0.15) is 0 Å². The van der Waals surface area contributed by atoms with Crippen LogP contribution in [0.3, 0.4) is 0 Å². The molecule has 3 N–H and O–H groups in total. The van der Waals surface area contributed by atoms with Crippen LogP contribution >= 0.6 is 23.2 Å². The highest BCUT2D eigenvalue weighted by molar-refractivity contribution is 6.37. The van der Waals surface area contributed by atoms with Gasteiger partial charge in [0.05, 0.1) is 16.7 Å². The van der Waals surface area contributed by atoms with Crippen molar-refractivity contribution in [2.24, 2.45) is 5.84 Å². The molecule has 20 heavy (non-hydrogen) atoms. The summed E-state index contributed by atoms with van der Waals surface area (Å²) in [5.41, 5.74) is 2.49. The minimum atomic E-state index is 0.335. The molecule has 0 aliphatic rings. The predicted molar refractivity (Wildman–Crippen MR) is 85.7 cm³/mol. The summed E-state index contributed by atoms with van der Waals surface area (Å²) in [4.78, 5) is 6.57. The van der Waals surface area contributed by atoms with Crippen molar-refractivity contribution < 1.29 is 4.74 Å². The van der Waals surface area contributed by atoms with Crippen LogP contribution in [0.1, 0.15) is 26.7 Å². The summed E-state index contributed by atoms with van der Waals surface area (Å²) < 4.78 is 5.17. The number of hydrogen-bond donors (Lipinski definition) is 2. The van der Waals surface area contributed by atoms with E-state index >= 15 is 0 Å². The van der Waals surface area contributed by atoms with Gasteiger partial charge in [0.15, 0.2) is 5.82 Å². The molecule has 0 aliphatic heterocycles. The summed E-state index contributed by atoms with van der Waals surface area (Å²) in [6.45, 7) is 5.59. The van der Waals surface area contributed by atoms with Crippen LogP contribution in [0, 0.1) is 0 Å². The second-order valence-corrected chi connectivity index (χ2v) is 5.24. The van der Waals surface area contributed by atoms with E-state index in [-0.39, 0.29) is 0 Å². The van der Waals surface area contributed by atoms with Gasteiger partial charge >= 0.3 is 0 Å². The van der Waals surface area contributed by atoms with Gasteiger partial charge in [-0.3, -0.25) is 0 Å². The number of hydrazine groups is 1. The lowest BCUT2D eigenvalue weighted by atomic mass is 10.1. The van der Waals surface area contributed by atoms with Crippen molar-refractivity contribution in [3.05, 3.63) is 16.1 Å². The quantitative estimate of drug-likeness (QED) is 0.568. The number of anilines is 2. The third kappa shape index (κ3) is 4.12. The first kappa shape index (κ1) is 17.3. The molecular formula is C13H22Cl2N4O. The zero-order valence-corrected chi connectivity index (χ0v) is 13.6. The van der Waals surface area contributed by atoms with E-state index < -0.39 is 0 Å². The van der Waals surface area contributed by atoms with Gasteiger partial charge in [0.25, 0.3) is 0 Å². The summed E-state index contributed by atoms with van der Waals surface area (Å²) in [7, 11) is 1.68. The Hall–Kier alpha value is -0.750. The van der Waals surface area contributed by atoms with E-state index in [1.54, 1.807) is 13.2 Å². The number of halogens is 2. The van der Waals surface area contributed by atoms with Gasteiger partial charge in [0.2, 0.25) is 0 Å². The van der Waals surface area contributed by atoms with Gasteiger partial charge in [-0.05, 0) is 18.9 Å². The molecule has 0 aromatic carbocycles. The van der Waals surface area contributed by atoms with Crippen LogP contribution in [0.4, 0.5) is 11.6 Å². The molecule has 7 heteroatoms. The number of methoxy groups -OCH3 is 1. The van der Waals surface area contributed by atoms with Crippen LogP contribution in [-0.4, -0.2) is 31.3 Å². The lowest BCUT2D eigenvalue weighted by molar-refractivity contribution is 0.202. The summed E-state index contributed by atoms with van der Waals surface area (Å²) in [5, 5.41) is 0.912. The van der Waals surface area contributed by atoms with Gasteiger partial charge in [-0.15, -0.1) is 0 Å². The van der Waals surface area contributed by atoms with E-state index in [0.717, 1.165) is 12.8 Å². The van der Waals surface area contributed by atoms with Crippen molar-refractivity contribution in [2.45, 2.75) is 32.7 Å². The molecule has 0 spiro atoms. The second-order valence-electron chi connectivity index (χ2n) is 4.43. The normalized spacial score (nSPS) is 10.9. The van der Waals surface area contributed by atoms with Crippen molar-refractivity contribution in [3.63, 3.8) is 0 Å². The molecule has 0 amide bonds. The maximum absolute atomic E-state index is 6.29. The lowest BCUT2D eigenvalue weighted by Gasteiger charge is -2.32. The van der Waals surface area contributed by atoms with Crippen LogP contribution < -0.4 is 16.2 Å². The first-order valence-electron chi connectivity index (χ1n) is 6.67. The molecular weight excluding hydrogens is 299 g/mol. The third-order valence-corrected chi connectivity index (χ3v) is 3.81. The molecule has 0 saturated carbocycles. The molecule has 114 valence electrons. The maximum Gasteiger partial charge on any atom is 0.161 e. The number of pyridine rings is 1. The number of nitrogens with one attached hydrogen (secondary N) is 1. The topological polar surface area (TPSA) is 63.4 Å². The predicted octanol–water partition coefficient (Wildman–Crippen LogP) is 3.32. The SMILES string of the molecule is CCC(CC)N(CCOC)c1nc(NN)c(Cl)cc1Cl. The molecule has 0 bridgehead atoms. The average molecular weight is 321 g/mol. The molecule has 1 heterocycles. The summed E-state index contributed by atoms with van der Waals surface area (Å²) >= 11 is 12.3. The Morgan fingerprint density at radius 3 is 2.50 bits per heavy atom. The molecule has 5 nitrogen and oxygen atoms in total. The van der Waals surface area contributed by atoms with Crippen molar-refractivity contribution in [3.8, 4) is 0 Å². The van der Waals surface area contributed by atoms with E-state index in [1.807, 2.05) is 0 Å². The van der Waals surface area contributed by atoms with Gasteiger partial charge < -0.3 is 15.1 Å². The van der Waals surface area contributed by atoms with Crippen molar-refractivity contribution in [1.82, 2.24) is 4.98 Å². The van der Waals surface area contributed by atoms with Crippen LogP contribution in [0.5, 0.6) is 0 Å². The minimum absolute atomic E-state index is 0.335. The second kappa shape index (κ2) is 8.52. The molecule has 0 unspecified atom stereocenters. The van der Waals surface area contributed by atoms with Gasteiger partial charge in [-0.25, -0.2) is 10.8 Å². The van der Waals surface area contributed by atoms with Crippen LogP contribution in [0.15, 0.2) is 6.07 Å². The Kier molecular flexibility index (Phi) is 7.37. The number of nitrogens with zero attached hydrogens (tertiary/aromatic N) is 2. The molecule has 1 rings (SSSR count). The highest BCUT2D eigenvalue weighted by atomic mass is 35.5. The smallest absolute Gasteiger partial charge is 0.161 e. The van der Waals surface area contributed by atoms with E-state index in [0.29, 0.717) is 40.9 Å². The summed E-state index contributed by atoms with van der Waals surface area (Å²) in [6, 6.07) is 1.99. The number of nitrogens with two attached hydrogens (primary N) is 1. The van der Waals surface area contributed by atoms with E-state index in [9.17, 15) is 0 Å². The minimum Gasteiger partial charge on any atom is -0.383 e. The van der Waals surface area contributed by atoms with Crippen molar-refractivity contribution >= 4 is 34.8 Å². The number of nitrogen functional groups attached to an aromatic ring is 1. The largest absolute Gasteiger partial charge is 0.383 e. The average Bonchev–Trinajstić information content (AvgIpc) is 2.44. The molecule has 0 radical (unpaired) electrons. The molecule has 0 saturated heterocycles. The fraction of sp³-hybridized carbons (Fsp3) is 0.615. The zero-order valence-electron chi connectivity index (χ0n) is 12.1. The fourth-order valence-electron chi connectivity index (χ4n) is 2.14. The molecule has 0 aliphatic carbocycles. The zero-order chi connectivity index (χ0) is 15.1. The standard InChI is InChI=1S/C13H22Cl2N4O/c1-4-9(5-2)19(6-7-20-3)13-11(15)8-10(14)12(17-13)18-16/h8-9H,4-7,16H2,1-3H3,(H,17,18). The van der Waals surface area contributed by atoms with Gasteiger partial charge in [-0.1, -0.05) is 37.0 Å². The monoisotopic (exact) mass is 320 g/mol. The Morgan fingerprint density at radius 2 is 2.00 bits per heavy atom. The van der Waals surface area contributed by atoms with Gasteiger partial charge in [0, 0.05) is 19.7 Å². The third-order valence-electron chi connectivity index (χ3n) is 3.24. The van der Waals surface area contributed by atoms with Crippen LogP contribution in [0.25, 0.3) is 0 Å². The summed E-state index contributed by atoms with van der Waals surface area (Å²) in [5.74, 6) is 6.52. The number of rotatable bonds is 8. The van der Waals surface area contributed by atoms with Crippen LogP contribution in [0.2, 0.25) is 10.0 Å². The Balaban J connectivity index is 3.17. The highest BCUT2D eigenvalue weighted by Gasteiger charge is 2.21. The molecule has 1 aromatic rings. The summed E-state index contributed by atoms with van der Waals surface area (Å²) in [6.07, 6.45) is 1.98. The number of hydrogen-bond acceptors (Lipinski definition) is 5.